The molecule has 0 atom stereocenters. The van der Waals surface area contributed by atoms with Gasteiger partial charge in [0.25, 0.3) is 5.69 Å². The van der Waals surface area contributed by atoms with E-state index >= 15 is 0 Å². The van der Waals surface area contributed by atoms with E-state index in [0.717, 1.165) is 21.4 Å². The van der Waals surface area contributed by atoms with Crippen LogP contribution in [0, 0.1) is 10.1 Å². The number of anilines is 1. The summed E-state index contributed by atoms with van der Waals surface area (Å²) in [6, 6.07) is 12.0. The molecule has 25 heavy (non-hydrogen) atoms. The fourth-order valence-electron chi connectivity index (χ4n) is 2.16. The fourth-order valence-corrected chi connectivity index (χ4v) is 4.19. The van der Waals surface area contributed by atoms with Crippen LogP contribution in [0.1, 0.15) is 5.56 Å². The molecule has 2 aromatic rings. The molecule has 0 spiro atoms. The number of carbonyl (C=O) groups excluding carboxylic acids is 1. The minimum absolute atomic E-state index is 0.119. The summed E-state index contributed by atoms with van der Waals surface area (Å²) in [4.78, 5) is 27.1. The van der Waals surface area contributed by atoms with Crippen LogP contribution in [0.25, 0.3) is 0 Å². The smallest absolute Gasteiger partial charge is 0.294 e. The van der Waals surface area contributed by atoms with Crippen LogP contribution in [0.3, 0.4) is 0 Å². The summed E-state index contributed by atoms with van der Waals surface area (Å²) in [6.45, 7) is 0. The predicted octanol–water partition coefficient (Wildman–Crippen LogP) is 4.85. The lowest BCUT2D eigenvalue weighted by Gasteiger charge is -2.14. The average Bonchev–Trinajstić information content (AvgIpc) is 2.61. The van der Waals surface area contributed by atoms with E-state index in [2.05, 4.69) is 10.3 Å². The lowest BCUT2D eigenvalue weighted by Crippen LogP contribution is -2.16. The Morgan fingerprint density at radius 3 is 2.96 bits per heavy atom. The number of rotatable bonds is 4. The van der Waals surface area contributed by atoms with Gasteiger partial charge in [0, 0.05) is 16.8 Å². The summed E-state index contributed by atoms with van der Waals surface area (Å²) in [5.74, 6) is 0.595. The van der Waals surface area contributed by atoms with E-state index in [9.17, 15) is 14.9 Å². The molecule has 0 saturated heterocycles. The van der Waals surface area contributed by atoms with Gasteiger partial charge in [-0.25, -0.2) is 4.99 Å². The monoisotopic (exact) mass is 393 g/mol. The number of nitro groups is 1. The number of fused-ring (bicyclic) bond motifs is 1. The molecule has 1 aliphatic rings. The Bertz CT molecular complexity index is 873. The SMILES string of the molecule is O=C(CSC1=Nc2ccccc2CS1)Nc1ccc(Cl)cc1[N+](=O)[O-]. The van der Waals surface area contributed by atoms with Gasteiger partial charge in [-0.3, -0.25) is 14.9 Å². The normalized spacial score (nSPS) is 12.9. The number of hydrogen-bond acceptors (Lipinski definition) is 6. The van der Waals surface area contributed by atoms with Gasteiger partial charge in [0.15, 0.2) is 0 Å². The summed E-state index contributed by atoms with van der Waals surface area (Å²) in [5.41, 5.74) is 1.98. The van der Waals surface area contributed by atoms with Crippen molar-refractivity contribution in [2.75, 3.05) is 11.1 Å². The number of hydrogen-bond donors (Lipinski definition) is 1. The Labute approximate surface area is 157 Å². The maximum absolute atomic E-state index is 12.1. The molecular weight excluding hydrogens is 382 g/mol. The highest BCUT2D eigenvalue weighted by molar-refractivity contribution is 8.38. The summed E-state index contributed by atoms with van der Waals surface area (Å²) in [6.07, 6.45) is 0. The third kappa shape index (κ3) is 4.53. The van der Waals surface area contributed by atoms with Crippen molar-refractivity contribution in [1.29, 1.82) is 0 Å². The minimum Gasteiger partial charge on any atom is -0.320 e. The van der Waals surface area contributed by atoms with Crippen molar-refractivity contribution in [3.05, 3.63) is 63.2 Å². The highest BCUT2D eigenvalue weighted by atomic mass is 35.5. The van der Waals surface area contributed by atoms with E-state index in [1.54, 1.807) is 11.8 Å². The Balaban J connectivity index is 1.63. The van der Waals surface area contributed by atoms with Crippen LogP contribution in [0.4, 0.5) is 17.1 Å². The zero-order valence-electron chi connectivity index (χ0n) is 12.8. The number of nitrogens with zero attached hydrogens (tertiary/aromatic N) is 2. The topological polar surface area (TPSA) is 84.6 Å². The lowest BCUT2D eigenvalue weighted by molar-refractivity contribution is -0.383. The summed E-state index contributed by atoms with van der Waals surface area (Å²) < 4.78 is 0.805. The molecule has 0 unspecified atom stereocenters. The number of thioether (sulfide) groups is 2. The number of halogens is 1. The first-order chi connectivity index (χ1) is 12.0. The zero-order valence-corrected chi connectivity index (χ0v) is 15.2. The standard InChI is InChI=1S/C16H12ClN3O3S2/c17-11-5-6-13(14(7-11)20(22)23)18-15(21)9-25-16-19-12-4-2-1-3-10(12)8-24-16/h1-7H,8-9H2,(H,18,21). The highest BCUT2D eigenvalue weighted by Crippen LogP contribution is 2.34. The molecule has 128 valence electrons. The summed E-state index contributed by atoms with van der Waals surface area (Å²) >= 11 is 8.64. The number of carbonyl (C=O) groups is 1. The van der Waals surface area contributed by atoms with E-state index < -0.39 is 4.92 Å². The quantitative estimate of drug-likeness (QED) is 0.592. The number of amides is 1. The summed E-state index contributed by atoms with van der Waals surface area (Å²) in [7, 11) is 0. The molecule has 0 bridgehead atoms. The second-order valence-corrected chi connectivity index (χ2v) is 7.67. The van der Waals surface area contributed by atoms with Crippen molar-refractivity contribution < 1.29 is 9.72 Å². The molecule has 1 amide bonds. The van der Waals surface area contributed by atoms with Gasteiger partial charge in [-0.2, -0.15) is 0 Å². The van der Waals surface area contributed by atoms with Crippen LogP contribution in [0.2, 0.25) is 5.02 Å². The molecule has 2 aromatic carbocycles. The maximum atomic E-state index is 12.1. The van der Waals surface area contributed by atoms with Crippen molar-refractivity contribution in [1.82, 2.24) is 0 Å². The lowest BCUT2D eigenvalue weighted by atomic mass is 10.2. The molecule has 1 aliphatic heterocycles. The third-order valence-electron chi connectivity index (χ3n) is 3.31. The number of benzene rings is 2. The number of para-hydroxylation sites is 1. The van der Waals surface area contributed by atoms with Crippen molar-refractivity contribution in [3.8, 4) is 0 Å². The second-order valence-electron chi connectivity index (χ2n) is 5.05. The zero-order chi connectivity index (χ0) is 17.8. The van der Waals surface area contributed by atoms with E-state index in [4.69, 9.17) is 11.6 Å². The van der Waals surface area contributed by atoms with E-state index in [1.165, 1.54) is 30.0 Å². The van der Waals surface area contributed by atoms with E-state index in [0.29, 0.717) is 0 Å². The first-order valence-corrected chi connectivity index (χ1v) is 9.54. The predicted molar refractivity (Wildman–Crippen MR) is 104 cm³/mol. The van der Waals surface area contributed by atoms with Crippen molar-refractivity contribution in [3.63, 3.8) is 0 Å². The van der Waals surface area contributed by atoms with Crippen LogP contribution >= 0.6 is 35.1 Å². The largest absolute Gasteiger partial charge is 0.320 e. The van der Waals surface area contributed by atoms with Crippen LogP contribution in [0.5, 0.6) is 0 Å². The molecule has 0 saturated carbocycles. The molecule has 9 heteroatoms. The first-order valence-electron chi connectivity index (χ1n) is 7.19. The Hall–Kier alpha value is -2.03. The Morgan fingerprint density at radius 2 is 2.16 bits per heavy atom. The van der Waals surface area contributed by atoms with Gasteiger partial charge in [0.05, 0.1) is 16.4 Å². The second kappa shape index (κ2) is 7.90. The van der Waals surface area contributed by atoms with Crippen molar-refractivity contribution in [2.24, 2.45) is 4.99 Å². The molecule has 1 N–H and O–H groups in total. The molecule has 0 aliphatic carbocycles. The van der Waals surface area contributed by atoms with Gasteiger partial charge in [-0.15, -0.1) is 0 Å². The van der Waals surface area contributed by atoms with Gasteiger partial charge in [0.2, 0.25) is 5.91 Å². The average molecular weight is 394 g/mol. The number of nitrogens with one attached hydrogen (secondary N) is 1. The first kappa shape index (κ1) is 17.8. The van der Waals surface area contributed by atoms with E-state index in [-0.39, 0.29) is 28.1 Å². The van der Waals surface area contributed by atoms with Gasteiger partial charge in [0.1, 0.15) is 10.1 Å². The van der Waals surface area contributed by atoms with Gasteiger partial charge >= 0.3 is 0 Å². The minimum atomic E-state index is -0.577. The molecule has 6 nitrogen and oxygen atoms in total. The highest BCUT2D eigenvalue weighted by Gasteiger charge is 2.18. The van der Waals surface area contributed by atoms with Crippen molar-refractivity contribution >= 4 is 62.5 Å². The molecule has 3 rings (SSSR count). The van der Waals surface area contributed by atoms with Crippen LogP contribution in [-0.4, -0.2) is 21.0 Å². The van der Waals surface area contributed by atoms with Crippen LogP contribution in [-0.2, 0) is 10.5 Å². The fraction of sp³-hybridized carbons (Fsp3) is 0.125. The number of nitro benzene ring substituents is 1. The molecule has 1 heterocycles. The van der Waals surface area contributed by atoms with Crippen LogP contribution < -0.4 is 5.32 Å². The summed E-state index contributed by atoms with van der Waals surface area (Å²) in [5, 5.41) is 13.8. The Morgan fingerprint density at radius 1 is 1.36 bits per heavy atom. The van der Waals surface area contributed by atoms with Gasteiger partial charge in [-0.05, 0) is 23.8 Å². The number of aliphatic imine (C=N–C) groups is 1. The van der Waals surface area contributed by atoms with Gasteiger partial charge < -0.3 is 5.32 Å². The third-order valence-corrected chi connectivity index (χ3v) is 5.79. The van der Waals surface area contributed by atoms with Crippen molar-refractivity contribution in [2.45, 2.75) is 5.75 Å². The molecule has 0 fully saturated rings. The maximum Gasteiger partial charge on any atom is 0.294 e. The molecular formula is C16H12ClN3O3S2. The molecule has 0 aromatic heterocycles. The van der Waals surface area contributed by atoms with Gasteiger partial charge in [-0.1, -0.05) is 53.3 Å². The molecule has 0 radical (unpaired) electrons. The van der Waals surface area contributed by atoms with E-state index in [1.807, 2.05) is 24.3 Å². The Kier molecular flexibility index (Phi) is 5.62. The van der Waals surface area contributed by atoms with Crippen LogP contribution in [0.15, 0.2) is 47.5 Å².